The molecule has 0 radical (unpaired) electrons. The molecule has 9 heteroatoms. The number of amides is 1. The largest absolute Gasteiger partial charge is 0.351 e. The Bertz CT molecular complexity index is 1080. The summed E-state index contributed by atoms with van der Waals surface area (Å²) in [5.74, 6) is -0.670. The third-order valence-electron chi connectivity index (χ3n) is 4.10. The Labute approximate surface area is 176 Å². The van der Waals surface area contributed by atoms with Gasteiger partial charge in [-0.15, -0.1) is 34.0 Å². The highest BCUT2D eigenvalue weighted by Gasteiger charge is 2.25. The maximum atomic E-state index is 12.4. The number of sulfone groups is 1. The van der Waals surface area contributed by atoms with E-state index in [4.69, 9.17) is 0 Å². The van der Waals surface area contributed by atoms with Crippen molar-refractivity contribution in [2.45, 2.75) is 18.6 Å². The minimum absolute atomic E-state index is 0.0766. The summed E-state index contributed by atoms with van der Waals surface area (Å²) in [5.41, 5.74) is 0. The second kappa shape index (κ2) is 8.69. The number of Topliss-reactive ketones (excluding diaryl/α,β-unsaturated/α-hetero) is 1. The molecule has 0 spiro atoms. The van der Waals surface area contributed by atoms with Crippen LogP contribution in [0.15, 0.2) is 41.8 Å². The number of hydrogen-bond donors (Lipinski definition) is 1. The molecule has 0 aliphatic heterocycles. The Kier molecular flexibility index (Phi) is 6.49. The summed E-state index contributed by atoms with van der Waals surface area (Å²) >= 11 is 4.77. The maximum absolute atomic E-state index is 12.4. The van der Waals surface area contributed by atoms with Crippen LogP contribution in [0, 0.1) is 0 Å². The number of hydrogen-bond acceptors (Lipinski definition) is 7. The normalized spacial score (nSPS) is 12.6. The molecule has 5 nitrogen and oxygen atoms in total. The van der Waals surface area contributed by atoms with Gasteiger partial charge in [0.15, 0.2) is 9.84 Å². The molecule has 0 aliphatic carbocycles. The van der Waals surface area contributed by atoms with Crippen LogP contribution in [0.1, 0.15) is 23.0 Å². The van der Waals surface area contributed by atoms with Gasteiger partial charge in [0.2, 0.25) is 0 Å². The van der Waals surface area contributed by atoms with Gasteiger partial charge in [0, 0.05) is 32.3 Å². The molecule has 3 aromatic heterocycles. The monoisotopic (exact) mass is 453 g/mol. The summed E-state index contributed by atoms with van der Waals surface area (Å²) < 4.78 is 23.3. The van der Waals surface area contributed by atoms with Crippen LogP contribution in [0.5, 0.6) is 0 Å². The smallest absolute Gasteiger partial charge is 0.261 e. The van der Waals surface area contributed by atoms with Gasteiger partial charge in [-0.25, -0.2) is 8.42 Å². The molecule has 1 N–H and O–H groups in total. The molecular weight excluding hydrogens is 434 g/mol. The van der Waals surface area contributed by atoms with Crippen molar-refractivity contribution in [1.82, 2.24) is 5.32 Å². The lowest BCUT2D eigenvalue weighted by molar-refractivity contribution is -0.116. The first-order valence-corrected chi connectivity index (χ1v) is 12.9. The zero-order valence-electron chi connectivity index (χ0n) is 15.3. The number of ketones is 1. The molecule has 28 heavy (non-hydrogen) atoms. The Hall–Kier alpha value is -1.81. The average molecular weight is 454 g/mol. The van der Waals surface area contributed by atoms with E-state index in [0.29, 0.717) is 4.88 Å². The van der Waals surface area contributed by atoms with E-state index in [2.05, 4.69) is 23.5 Å². The summed E-state index contributed by atoms with van der Waals surface area (Å²) in [5, 5.41) is 3.68. The van der Waals surface area contributed by atoms with Crippen molar-refractivity contribution in [1.29, 1.82) is 0 Å². The topological polar surface area (TPSA) is 80.3 Å². The summed E-state index contributed by atoms with van der Waals surface area (Å²) in [7, 11) is -3.47. The Balaban J connectivity index is 1.62. The molecule has 0 fully saturated rings. The standard InChI is InChI=1S/C19H19NO4S4/c1-12(21)18(28(2,23)24)9-10-20-19(22)17-8-7-16(27-17)15-6-5-14(26-15)13-4-3-11-25-13/h3-8,11,18H,9-10H2,1-2H3,(H,20,22). The number of nitrogens with one attached hydrogen (secondary N) is 1. The van der Waals surface area contributed by atoms with Crippen LogP contribution in [0.2, 0.25) is 0 Å². The quantitative estimate of drug-likeness (QED) is 0.551. The minimum Gasteiger partial charge on any atom is -0.351 e. The van der Waals surface area contributed by atoms with Crippen molar-refractivity contribution in [3.63, 3.8) is 0 Å². The molecular formula is C19H19NO4S4. The van der Waals surface area contributed by atoms with Crippen LogP contribution in [0.25, 0.3) is 19.5 Å². The van der Waals surface area contributed by atoms with Crippen molar-refractivity contribution >= 4 is 55.5 Å². The van der Waals surface area contributed by atoms with Gasteiger partial charge >= 0.3 is 0 Å². The van der Waals surface area contributed by atoms with E-state index in [-0.39, 0.29) is 18.9 Å². The highest BCUT2D eigenvalue weighted by Crippen LogP contribution is 2.39. The van der Waals surface area contributed by atoms with Crippen LogP contribution in [0.3, 0.4) is 0 Å². The minimum atomic E-state index is -3.47. The number of carbonyl (C=O) groups is 2. The molecule has 0 saturated heterocycles. The van der Waals surface area contributed by atoms with Crippen LogP contribution < -0.4 is 5.32 Å². The van der Waals surface area contributed by atoms with Gasteiger partial charge < -0.3 is 5.32 Å². The van der Waals surface area contributed by atoms with Crippen molar-refractivity contribution in [2.24, 2.45) is 0 Å². The zero-order chi connectivity index (χ0) is 20.3. The Morgan fingerprint density at radius 2 is 1.64 bits per heavy atom. The van der Waals surface area contributed by atoms with Crippen LogP contribution >= 0.6 is 34.0 Å². The van der Waals surface area contributed by atoms with Crippen molar-refractivity contribution in [3.8, 4) is 19.5 Å². The predicted octanol–water partition coefficient (Wildman–Crippen LogP) is 4.33. The van der Waals surface area contributed by atoms with E-state index in [0.717, 1.165) is 16.0 Å². The summed E-state index contributed by atoms with van der Waals surface area (Å²) in [6, 6.07) is 11.9. The maximum Gasteiger partial charge on any atom is 0.261 e. The number of thiophene rings is 3. The molecule has 0 bridgehead atoms. The lowest BCUT2D eigenvalue weighted by Crippen LogP contribution is -2.33. The van der Waals surface area contributed by atoms with Crippen LogP contribution in [-0.2, 0) is 14.6 Å². The van der Waals surface area contributed by atoms with Crippen molar-refractivity contribution < 1.29 is 18.0 Å². The van der Waals surface area contributed by atoms with Gasteiger partial charge in [-0.3, -0.25) is 9.59 Å². The molecule has 148 valence electrons. The fraction of sp³-hybridized carbons (Fsp3) is 0.263. The Morgan fingerprint density at radius 1 is 1.00 bits per heavy atom. The summed E-state index contributed by atoms with van der Waals surface area (Å²) in [6.45, 7) is 1.38. The van der Waals surface area contributed by atoms with E-state index in [1.165, 1.54) is 28.0 Å². The molecule has 0 aromatic carbocycles. The first-order valence-electron chi connectivity index (χ1n) is 8.47. The predicted molar refractivity (Wildman–Crippen MR) is 117 cm³/mol. The van der Waals surface area contributed by atoms with Gasteiger partial charge in [-0.05, 0) is 49.1 Å². The zero-order valence-corrected chi connectivity index (χ0v) is 18.6. The first kappa shape index (κ1) is 20.9. The fourth-order valence-corrected chi connectivity index (χ4v) is 6.74. The lowest BCUT2D eigenvalue weighted by Gasteiger charge is -2.11. The van der Waals surface area contributed by atoms with E-state index in [9.17, 15) is 18.0 Å². The van der Waals surface area contributed by atoms with Crippen molar-refractivity contribution in [2.75, 3.05) is 12.8 Å². The van der Waals surface area contributed by atoms with E-state index < -0.39 is 20.9 Å². The summed E-state index contributed by atoms with van der Waals surface area (Å²) in [6.07, 6.45) is 1.12. The molecule has 0 aliphatic rings. The number of carbonyl (C=O) groups excluding carboxylic acids is 2. The fourth-order valence-electron chi connectivity index (χ4n) is 2.74. The Morgan fingerprint density at radius 3 is 2.25 bits per heavy atom. The average Bonchev–Trinajstić information content (AvgIpc) is 3.37. The van der Waals surface area contributed by atoms with Crippen molar-refractivity contribution in [3.05, 3.63) is 46.7 Å². The van der Waals surface area contributed by atoms with Gasteiger partial charge in [-0.2, -0.15) is 0 Å². The molecule has 0 saturated carbocycles. The second-order valence-corrected chi connectivity index (χ2v) is 11.6. The molecule has 3 aromatic rings. The van der Waals surface area contributed by atoms with Gasteiger partial charge in [0.05, 0.1) is 4.88 Å². The van der Waals surface area contributed by atoms with Gasteiger partial charge in [0.1, 0.15) is 11.0 Å². The van der Waals surface area contributed by atoms with E-state index in [1.54, 1.807) is 28.7 Å². The van der Waals surface area contributed by atoms with E-state index >= 15 is 0 Å². The van der Waals surface area contributed by atoms with Gasteiger partial charge in [0.25, 0.3) is 5.91 Å². The third kappa shape index (κ3) is 4.96. The van der Waals surface area contributed by atoms with E-state index in [1.807, 2.05) is 17.5 Å². The number of rotatable bonds is 8. The molecule has 3 heterocycles. The lowest BCUT2D eigenvalue weighted by atomic mass is 10.2. The molecule has 1 unspecified atom stereocenters. The van der Waals surface area contributed by atoms with Crippen LogP contribution in [0.4, 0.5) is 0 Å². The van der Waals surface area contributed by atoms with Crippen LogP contribution in [-0.4, -0.2) is 38.2 Å². The highest BCUT2D eigenvalue weighted by atomic mass is 32.2. The first-order chi connectivity index (χ1) is 13.3. The molecule has 1 amide bonds. The SMILES string of the molecule is CC(=O)C(CCNC(=O)c1ccc(-c2ccc(-c3cccs3)s2)s1)S(C)(=O)=O. The second-order valence-electron chi connectivity index (χ2n) is 6.28. The molecule has 1 atom stereocenters. The summed E-state index contributed by atoms with van der Waals surface area (Å²) in [4.78, 5) is 28.9. The molecule has 3 rings (SSSR count). The highest BCUT2D eigenvalue weighted by molar-refractivity contribution is 7.92. The van der Waals surface area contributed by atoms with Gasteiger partial charge in [-0.1, -0.05) is 6.07 Å². The third-order valence-corrected chi connectivity index (χ3v) is 9.14.